The molecule has 2 aromatic carbocycles. The van der Waals surface area contributed by atoms with Crippen molar-refractivity contribution in [3.63, 3.8) is 0 Å². The van der Waals surface area contributed by atoms with E-state index in [9.17, 15) is 14.9 Å². The van der Waals surface area contributed by atoms with Gasteiger partial charge in [0, 0.05) is 12.3 Å². The summed E-state index contributed by atoms with van der Waals surface area (Å²) in [5, 5.41) is 25.7. The Morgan fingerprint density at radius 3 is 2.81 bits per heavy atom. The van der Waals surface area contributed by atoms with Crippen LogP contribution in [0.5, 0.6) is 0 Å². The van der Waals surface area contributed by atoms with Gasteiger partial charge in [-0.2, -0.15) is 5.10 Å². The van der Waals surface area contributed by atoms with Gasteiger partial charge in [0.2, 0.25) is 0 Å². The Bertz CT molecular complexity index is 1140. The highest BCUT2D eigenvalue weighted by Gasteiger charge is 2.17. The summed E-state index contributed by atoms with van der Waals surface area (Å²) < 4.78 is 1.71. The lowest BCUT2D eigenvalue weighted by Gasteiger charge is -2.06. The predicted octanol–water partition coefficient (Wildman–Crippen LogP) is 2.97. The number of benzene rings is 2. The van der Waals surface area contributed by atoms with Crippen molar-refractivity contribution in [1.82, 2.24) is 20.0 Å². The van der Waals surface area contributed by atoms with E-state index in [0.717, 1.165) is 22.4 Å². The molecule has 9 heteroatoms. The van der Waals surface area contributed by atoms with Gasteiger partial charge in [0.15, 0.2) is 11.5 Å². The van der Waals surface area contributed by atoms with Crippen LogP contribution in [0.15, 0.2) is 60.8 Å². The summed E-state index contributed by atoms with van der Waals surface area (Å²) in [4.78, 5) is 22.1. The molecule has 0 spiro atoms. The number of nitrogens with zero attached hydrogens (tertiary/aromatic N) is 4. The van der Waals surface area contributed by atoms with Crippen LogP contribution < -0.4 is 5.32 Å². The minimum atomic E-state index is -0.650. The van der Waals surface area contributed by atoms with Gasteiger partial charge in [-0.05, 0) is 21.3 Å². The number of carbonyl (C=O) groups is 1. The standard InChI is InChI=1S/C18H14N6O3/c25-18(15-10-17(21-20-15)24(26)27)19-16-8-9-23(22-16)11-13-6-3-5-12-4-1-2-7-14(12)13/h1-10H,11H2,(H,20,21)(H,19,22,25). The van der Waals surface area contributed by atoms with E-state index >= 15 is 0 Å². The van der Waals surface area contributed by atoms with Crippen LogP contribution in [0.25, 0.3) is 10.8 Å². The van der Waals surface area contributed by atoms with Gasteiger partial charge in [0.25, 0.3) is 5.91 Å². The molecule has 4 aromatic rings. The summed E-state index contributed by atoms with van der Waals surface area (Å²) in [5.41, 5.74) is 1.03. The van der Waals surface area contributed by atoms with Crippen molar-refractivity contribution in [3.8, 4) is 0 Å². The monoisotopic (exact) mass is 362 g/mol. The second-order valence-electron chi connectivity index (χ2n) is 5.89. The fraction of sp³-hybridized carbons (Fsp3) is 0.0556. The lowest BCUT2D eigenvalue weighted by molar-refractivity contribution is -0.389. The SMILES string of the molecule is O=C(Nc1ccn(Cc2cccc3ccccc23)n1)c1cc([N+](=O)[O-])[nH]n1. The number of anilines is 1. The van der Waals surface area contributed by atoms with Crippen LogP contribution >= 0.6 is 0 Å². The van der Waals surface area contributed by atoms with Crippen LogP contribution in [0.3, 0.4) is 0 Å². The summed E-state index contributed by atoms with van der Waals surface area (Å²) in [6, 6.07) is 16.9. The molecular weight excluding hydrogens is 348 g/mol. The number of hydrogen-bond donors (Lipinski definition) is 2. The summed E-state index contributed by atoms with van der Waals surface area (Å²) in [5.74, 6) is -0.581. The Labute approximate surface area is 152 Å². The third kappa shape index (κ3) is 3.38. The van der Waals surface area contributed by atoms with Crippen LogP contribution in [0.2, 0.25) is 0 Å². The van der Waals surface area contributed by atoms with E-state index in [0.29, 0.717) is 12.4 Å². The van der Waals surface area contributed by atoms with Gasteiger partial charge in [-0.25, -0.2) is 0 Å². The zero-order chi connectivity index (χ0) is 18.8. The molecule has 0 aliphatic rings. The third-order valence-electron chi connectivity index (χ3n) is 4.09. The Balaban J connectivity index is 1.49. The first-order valence-electron chi connectivity index (χ1n) is 8.11. The molecule has 0 unspecified atom stereocenters. The first-order valence-corrected chi connectivity index (χ1v) is 8.11. The van der Waals surface area contributed by atoms with Crippen molar-refractivity contribution >= 4 is 28.3 Å². The zero-order valence-electron chi connectivity index (χ0n) is 14.0. The van der Waals surface area contributed by atoms with Gasteiger partial charge < -0.3 is 15.4 Å². The van der Waals surface area contributed by atoms with Crippen molar-refractivity contribution in [2.75, 3.05) is 5.32 Å². The highest BCUT2D eigenvalue weighted by Crippen LogP contribution is 2.19. The number of aromatic amines is 1. The Morgan fingerprint density at radius 2 is 2.00 bits per heavy atom. The smallest absolute Gasteiger partial charge is 0.343 e. The van der Waals surface area contributed by atoms with Gasteiger partial charge in [-0.15, -0.1) is 5.10 Å². The molecule has 0 aliphatic carbocycles. The number of H-pyrrole nitrogens is 1. The Morgan fingerprint density at radius 1 is 1.19 bits per heavy atom. The molecule has 134 valence electrons. The average Bonchev–Trinajstić information content (AvgIpc) is 3.32. The van der Waals surface area contributed by atoms with E-state index in [1.54, 1.807) is 16.9 Å². The van der Waals surface area contributed by atoms with Gasteiger partial charge in [0.1, 0.15) is 0 Å². The molecule has 4 rings (SSSR count). The predicted molar refractivity (Wildman–Crippen MR) is 98.5 cm³/mol. The Kier molecular flexibility index (Phi) is 4.09. The molecule has 0 fully saturated rings. The number of nitro groups is 1. The van der Waals surface area contributed by atoms with Gasteiger partial charge in [-0.3, -0.25) is 9.48 Å². The fourth-order valence-electron chi connectivity index (χ4n) is 2.82. The van der Waals surface area contributed by atoms with E-state index in [1.807, 2.05) is 24.3 Å². The molecule has 0 aliphatic heterocycles. The molecule has 0 saturated carbocycles. The van der Waals surface area contributed by atoms with Crippen molar-refractivity contribution in [2.45, 2.75) is 6.54 Å². The van der Waals surface area contributed by atoms with Gasteiger partial charge >= 0.3 is 5.82 Å². The molecule has 27 heavy (non-hydrogen) atoms. The minimum absolute atomic E-state index is 0.0784. The summed E-state index contributed by atoms with van der Waals surface area (Å²) in [6.07, 6.45) is 1.75. The molecule has 2 heterocycles. The quantitative estimate of drug-likeness (QED) is 0.418. The van der Waals surface area contributed by atoms with E-state index in [2.05, 4.69) is 38.8 Å². The Hall–Kier alpha value is -4.01. The van der Waals surface area contributed by atoms with Gasteiger partial charge in [-0.1, -0.05) is 47.6 Å². The number of fused-ring (bicyclic) bond motifs is 1. The van der Waals surface area contributed by atoms with E-state index in [1.165, 1.54) is 0 Å². The molecule has 0 saturated heterocycles. The first kappa shape index (κ1) is 16.5. The second-order valence-corrected chi connectivity index (χ2v) is 5.89. The molecule has 0 radical (unpaired) electrons. The van der Waals surface area contributed by atoms with Crippen LogP contribution in [0, 0.1) is 10.1 Å². The van der Waals surface area contributed by atoms with Crippen molar-refractivity contribution < 1.29 is 9.72 Å². The maximum atomic E-state index is 12.1. The molecule has 2 N–H and O–H groups in total. The topological polar surface area (TPSA) is 119 Å². The van der Waals surface area contributed by atoms with E-state index in [4.69, 9.17) is 0 Å². The molecule has 2 aromatic heterocycles. The lowest BCUT2D eigenvalue weighted by Crippen LogP contribution is -2.13. The van der Waals surface area contributed by atoms with Gasteiger partial charge in [0.05, 0.1) is 12.6 Å². The second kappa shape index (κ2) is 6.71. The number of amides is 1. The number of carbonyl (C=O) groups excluding carboxylic acids is 1. The van der Waals surface area contributed by atoms with Crippen LogP contribution in [-0.2, 0) is 6.54 Å². The average molecular weight is 362 g/mol. The highest BCUT2D eigenvalue weighted by atomic mass is 16.6. The zero-order valence-corrected chi connectivity index (χ0v) is 14.0. The molecule has 0 bridgehead atoms. The molecule has 1 amide bonds. The maximum Gasteiger partial charge on any atom is 0.343 e. The summed E-state index contributed by atoms with van der Waals surface area (Å²) in [6.45, 7) is 0.547. The summed E-state index contributed by atoms with van der Waals surface area (Å²) >= 11 is 0. The largest absolute Gasteiger partial charge is 0.358 e. The number of aromatic nitrogens is 4. The van der Waals surface area contributed by atoms with Crippen molar-refractivity contribution in [3.05, 3.63) is 82.2 Å². The summed E-state index contributed by atoms with van der Waals surface area (Å²) in [7, 11) is 0. The normalized spacial score (nSPS) is 10.8. The number of nitrogens with one attached hydrogen (secondary N) is 2. The highest BCUT2D eigenvalue weighted by molar-refractivity contribution is 6.02. The number of hydrogen-bond acceptors (Lipinski definition) is 5. The van der Waals surface area contributed by atoms with E-state index in [-0.39, 0.29) is 11.5 Å². The fourth-order valence-corrected chi connectivity index (χ4v) is 2.82. The molecule has 0 atom stereocenters. The van der Waals surface area contributed by atoms with Crippen LogP contribution in [0.4, 0.5) is 11.6 Å². The first-order chi connectivity index (χ1) is 13.1. The maximum absolute atomic E-state index is 12.1. The van der Waals surface area contributed by atoms with Crippen molar-refractivity contribution in [1.29, 1.82) is 0 Å². The minimum Gasteiger partial charge on any atom is -0.358 e. The lowest BCUT2D eigenvalue weighted by atomic mass is 10.0. The van der Waals surface area contributed by atoms with E-state index < -0.39 is 10.8 Å². The van der Waals surface area contributed by atoms with Crippen molar-refractivity contribution in [2.24, 2.45) is 0 Å². The van der Waals surface area contributed by atoms with Crippen LogP contribution in [-0.4, -0.2) is 30.8 Å². The third-order valence-corrected chi connectivity index (χ3v) is 4.09. The molecular formula is C18H14N6O3. The molecule has 9 nitrogen and oxygen atoms in total. The van der Waals surface area contributed by atoms with Crippen LogP contribution in [0.1, 0.15) is 16.1 Å². The number of rotatable bonds is 5.